The van der Waals surface area contributed by atoms with E-state index in [2.05, 4.69) is 10.1 Å². The first kappa shape index (κ1) is 19.5. The minimum atomic E-state index is -0.596. The van der Waals surface area contributed by atoms with Gasteiger partial charge in [0.2, 0.25) is 5.91 Å². The molecule has 2 aromatic rings. The van der Waals surface area contributed by atoms with Crippen LogP contribution in [0.25, 0.3) is 0 Å². The van der Waals surface area contributed by atoms with Gasteiger partial charge in [0.15, 0.2) is 5.78 Å². The number of anilines is 1. The smallest absolute Gasteiger partial charge is 0.339 e. The number of amides is 1. The number of benzene rings is 2. The van der Waals surface area contributed by atoms with Crippen molar-refractivity contribution >= 4 is 34.9 Å². The van der Waals surface area contributed by atoms with Gasteiger partial charge in [0.25, 0.3) is 0 Å². The van der Waals surface area contributed by atoms with Crippen LogP contribution in [-0.2, 0) is 9.53 Å². The molecule has 6 nitrogen and oxygen atoms in total. The number of hydrogen-bond acceptors (Lipinski definition) is 5. The first-order valence-corrected chi connectivity index (χ1v) is 8.17. The molecule has 0 unspecified atom stereocenters. The summed E-state index contributed by atoms with van der Waals surface area (Å²) in [7, 11) is 2.79. The van der Waals surface area contributed by atoms with Gasteiger partial charge < -0.3 is 14.8 Å². The summed E-state index contributed by atoms with van der Waals surface area (Å²) in [5.41, 5.74) is 1.07. The Labute approximate surface area is 156 Å². The molecule has 136 valence electrons. The Morgan fingerprint density at radius 2 is 1.69 bits per heavy atom. The van der Waals surface area contributed by atoms with Gasteiger partial charge in [0.1, 0.15) is 5.75 Å². The van der Waals surface area contributed by atoms with Crippen LogP contribution in [0.15, 0.2) is 42.5 Å². The van der Waals surface area contributed by atoms with Crippen LogP contribution in [-0.4, -0.2) is 31.9 Å². The van der Waals surface area contributed by atoms with Gasteiger partial charge >= 0.3 is 5.97 Å². The second-order valence-electron chi connectivity index (χ2n) is 5.39. The molecule has 0 aliphatic rings. The van der Waals surface area contributed by atoms with Crippen molar-refractivity contribution in [2.24, 2.45) is 0 Å². The van der Waals surface area contributed by atoms with Gasteiger partial charge in [-0.1, -0.05) is 11.6 Å². The number of nitrogens with one attached hydrogen (secondary N) is 1. The summed E-state index contributed by atoms with van der Waals surface area (Å²) in [5, 5.41) is 2.86. The SMILES string of the molecule is COC(=O)c1cc(NC(=O)CCC(=O)c2ccc(OC)cc2)ccc1Cl. The zero-order valence-corrected chi connectivity index (χ0v) is 15.1. The molecule has 0 spiro atoms. The largest absolute Gasteiger partial charge is 0.497 e. The van der Waals surface area contributed by atoms with E-state index in [9.17, 15) is 14.4 Å². The van der Waals surface area contributed by atoms with E-state index in [1.54, 1.807) is 37.4 Å². The summed E-state index contributed by atoms with van der Waals surface area (Å²) in [6.45, 7) is 0. The maximum Gasteiger partial charge on any atom is 0.339 e. The monoisotopic (exact) mass is 375 g/mol. The third-order valence-corrected chi connectivity index (χ3v) is 3.98. The Bertz CT molecular complexity index is 817. The second-order valence-corrected chi connectivity index (χ2v) is 5.79. The summed E-state index contributed by atoms with van der Waals surface area (Å²) >= 11 is 5.93. The highest BCUT2D eigenvalue weighted by atomic mass is 35.5. The minimum absolute atomic E-state index is 0.0149. The van der Waals surface area contributed by atoms with Crippen molar-refractivity contribution in [1.29, 1.82) is 0 Å². The lowest BCUT2D eigenvalue weighted by Crippen LogP contribution is -2.14. The molecule has 0 aliphatic carbocycles. The maximum atomic E-state index is 12.1. The molecule has 0 aromatic heterocycles. The molecule has 0 radical (unpaired) electrons. The molecule has 0 fully saturated rings. The van der Waals surface area contributed by atoms with E-state index in [1.807, 2.05) is 0 Å². The Hall–Kier alpha value is -2.86. The third-order valence-electron chi connectivity index (χ3n) is 3.65. The summed E-state index contributed by atoms with van der Waals surface area (Å²) in [5.74, 6) is -0.427. The molecule has 0 aliphatic heterocycles. The molecule has 26 heavy (non-hydrogen) atoms. The van der Waals surface area contributed by atoms with Crippen molar-refractivity contribution in [2.75, 3.05) is 19.5 Å². The van der Waals surface area contributed by atoms with Gasteiger partial charge in [-0.15, -0.1) is 0 Å². The number of rotatable bonds is 7. The molecular weight excluding hydrogens is 358 g/mol. The molecule has 1 N–H and O–H groups in total. The third kappa shape index (κ3) is 5.07. The van der Waals surface area contributed by atoms with E-state index in [-0.39, 0.29) is 35.1 Å². The highest BCUT2D eigenvalue weighted by Gasteiger charge is 2.14. The lowest BCUT2D eigenvalue weighted by Gasteiger charge is -2.08. The fourth-order valence-corrected chi connectivity index (χ4v) is 2.44. The summed E-state index contributed by atoms with van der Waals surface area (Å²) in [6, 6.07) is 11.2. The van der Waals surface area contributed by atoms with Gasteiger partial charge in [-0.05, 0) is 42.5 Å². The molecule has 0 saturated carbocycles. The maximum absolute atomic E-state index is 12.1. The minimum Gasteiger partial charge on any atom is -0.497 e. The van der Waals surface area contributed by atoms with E-state index >= 15 is 0 Å². The summed E-state index contributed by atoms with van der Waals surface area (Å²) in [6.07, 6.45) is 0.0800. The predicted octanol–water partition coefficient (Wildman–Crippen LogP) is 3.74. The number of Topliss-reactive ketones (excluding diaryl/α,β-unsaturated/α-hetero) is 1. The first-order chi connectivity index (χ1) is 12.4. The Balaban J connectivity index is 1.94. The normalized spacial score (nSPS) is 10.1. The van der Waals surface area contributed by atoms with Gasteiger partial charge in [-0.2, -0.15) is 0 Å². The lowest BCUT2D eigenvalue weighted by atomic mass is 10.1. The summed E-state index contributed by atoms with van der Waals surface area (Å²) in [4.78, 5) is 35.8. The van der Waals surface area contributed by atoms with Crippen LogP contribution in [0.2, 0.25) is 5.02 Å². The zero-order chi connectivity index (χ0) is 19.1. The number of methoxy groups -OCH3 is 2. The molecule has 2 aromatic carbocycles. The van der Waals surface area contributed by atoms with Crippen molar-refractivity contribution in [3.63, 3.8) is 0 Å². The Kier molecular flexibility index (Phi) is 6.74. The number of halogens is 1. The van der Waals surface area contributed by atoms with E-state index < -0.39 is 5.97 Å². The molecule has 2 rings (SSSR count). The molecule has 0 saturated heterocycles. The van der Waals surface area contributed by atoms with Crippen LogP contribution >= 0.6 is 11.6 Å². The lowest BCUT2D eigenvalue weighted by molar-refractivity contribution is -0.116. The highest BCUT2D eigenvalue weighted by Crippen LogP contribution is 2.21. The topological polar surface area (TPSA) is 81.7 Å². The van der Waals surface area contributed by atoms with Crippen LogP contribution < -0.4 is 10.1 Å². The number of carbonyl (C=O) groups is 3. The van der Waals surface area contributed by atoms with Crippen LogP contribution in [0.3, 0.4) is 0 Å². The van der Waals surface area contributed by atoms with Crippen molar-refractivity contribution in [3.05, 3.63) is 58.6 Å². The van der Waals surface area contributed by atoms with Crippen LogP contribution in [0.5, 0.6) is 5.75 Å². The van der Waals surface area contributed by atoms with Gasteiger partial charge in [0, 0.05) is 24.1 Å². The Morgan fingerprint density at radius 3 is 2.31 bits per heavy atom. The number of hydrogen-bond donors (Lipinski definition) is 1. The second kappa shape index (κ2) is 9.01. The van der Waals surface area contributed by atoms with Gasteiger partial charge in [-0.25, -0.2) is 4.79 Å². The van der Waals surface area contributed by atoms with Gasteiger partial charge in [0.05, 0.1) is 24.8 Å². The van der Waals surface area contributed by atoms with E-state index in [4.69, 9.17) is 16.3 Å². The van der Waals surface area contributed by atoms with Crippen molar-refractivity contribution in [1.82, 2.24) is 0 Å². The van der Waals surface area contributed by atoms with Crippen molar-refractivity contribution in [3.8, 4) is 5.75 Å². The fraction of sp³-hybridized carbons (Fsp3) is 0.211. The van der Waals surface area contributed by atoms with Crippen LogP contribution in [0, 0.1) is 0 Å². The Morgan fingerprint density at radius 1 is 1.00 bits per heavy atom. The van der Waals surface area contributed by atoms with Crippen LogP contribution in [0.1, 0.15) is 33.6 Å². The van der Waals surface area contributed by atoms with E-state index in [0.29, 0.717) is 17.0 Å². The number of ether oxygens (including phenoxy) is 2. The quantitative estimate of drug-likeness (QED) is 0.589. The zero-order valence-electron chi connectivity index (χ0n) is 14.4. The molecular formula is C19H18ClNO5. The molecule has 1 amide bonds. The average molecular weight is 376 g/mol. The van der Waals surface area contributed by atoms with Crippen molar-refractivity contribution in [2.45, 2.75) is 12.8 Å². The number of carbonyl (C=O) groups excluding carboxylic acids is 3. The highest BCUT2D eigenvalue weighted by molar-refractivity contribution is 6.33. The predicted molar refractivity (Wildman–Crippen MR) is 98.0 cm³/mol. The standard InChI is InChI=1S/C19H18ClNO5/c1-25-14-6-3-12(4-7-14)17(22)9-10-18(23)21-13-5-8-16(20)15(11-13)19(24)26-2/h3-8,11H,9-10H2,1-2H3,(H,21,23). The number of esters is 1. The molecule has 0 bridgehead atoms. The first-order valence-electron chi connectivity index (χ1n) is 7.79. The van der Waals surface area contributed by atoms with Gasteiger partial charge in [-0.3, -0.25) is 9.59 Å². The molecule has 7 heteroatoms. The average Bonchev–Trinajstić information content (AvgIpc) is 2.67. The fourth-order valence-electron chi connectivity index (χ4n) is 2.24. The van der Waals surface area contributed by atoms with E-state index in [0.717, 1.165) is 0 Å². The summed E-state index contributed by atoms with van der Waals surface area (Å²) < 4.78 is 9.67. The molecule has 0 heterocycles. The van der Waals surface area contributed by atoms with E-state index in [1.165, 1.54) is 19.2 Å². The molecule has 0 atom stereocenters. The van der Waals surface area contributed by atoms with Crippen molar-refractivity contribution < 1.29 is 23.9 Å². The number of ketones is 1. The van der Waals surface area contributed by atoms with Crippen LogP contribution in [0.4, 0.5) is 5.69 Å².